The molecule has 2 unspecified atom stereocenters. The second-order valence-corrected chi connectivity index (χ2v) is 7.30. The highest BCUT2D eigenvalue weighted by Gasteiger charge is 2.44. The summed E-state index contributed by atoms with van der Waals surface area (Å²) in [6.07, 6.45) is -0.351. The van der Waals surface area contributed by atoms with Gasteiger partial charge in [0.1, 0.15) is 6.04 Å². The first-order valence-corrected chi connectivity index (χ1v) is 8.19. The quantitative estimate of drug-likeness (QED) is 0.892. The predicted octanol–water partition coefficient (Wildman–Crippen LogP) is 1.86. The zero-order chi connectivity index (χ0) is 15.8. The van der Waals surface area contributed by atoms with Crippen molar-refractivity contribution in [3.05, 3.63) is 28.2 Å². The molecule has 2 rings (SSSR count). The predicted molar refractivity (Wildman–Crippen MR) is 77.2 cm³/mol. The van der Waals surface area contributed by atoms with Gasteiger partial charge in [0.05, 0.1) is 21.0 Å². The minimum absolute atomic E-state index is 0.0178. The minimum atomic E-state index is -3.99. The average molecular weight is 354 g/mol. The van der Waals surface area contributed by atoms with Crippen LogP contribution in [-0.4, -0.2) is 49.6 Å². The Balaban J connectivity index is 2.41. The van der Waals surface area contributed by atoms with E-state index in [9.17, 15) is 18.3 Å². The van der Waals surface area contributed by atoms with E-state index in [-0.39, 0.29) is 27.9 Å². The van der Waals surface area contributed by atoms with Crippen LogP contribution < -0.4 is 0 Å². The Morgan fingerprint density at radius 1 is 1.38 bits per heavy atom. The molecule has 1 fully saturated rings. The first-order chi connectivity index (χ1) is 9.77. The molecular formula is C12H13Cl2NO5S. The SMILES string of the molecule is COC1CC(C(=O)O)N(S(=O)(=O)c2ccc(Cl)c(Cl)c2)C1. The number of sulfonamides is 1. The summed E-state index contributed by atoms with van der Waals surface area (Å²) < 4.78 is 31.2. The third-order valence-electron chi connectivity index (χ3n) is 3.33. The van der Waals surface area contributed by atoms with Crippen LogP contribution in [0.2, 0.25) is 10.0 Å². The molecule has 0 bridgehead atoms. The van der Waals surface area contributed by atoms with Gasteiger partial charge in [-0.1, -0.05) is 23.2 Å². The van der Waals surface area contributed by atoms with E-state index in [0.717, 1.165) is 4.31 Å². The third kappa shape index (κ3) is 3.17. The molecule has 1 aromatic carbocycles. The molecule has 1 heterocycles. The Morgan fingerprint density at radius 2 is 2.05 bits per heavy atom. The molecule has 1 N–H and O–H groups in total. The van der Waals surface area contributed by atoms with Crippen molar-refractivity contribution in [3.8, 4) is 0 Å². The van der Waals surface area contributed by atoms with Gasteiger partial charge in [0.15, 0.2) is 0 Å². The van der Waals surface area contributed by atoms with Crippen LogP contribution in [0, 0.1) is 0 Å². The summed E-state index contributed by atoms with van der Waals surface area (Å²) in [6.45, 7) is -0.0178. The highest BCUT2D eigenvalue weighted by atomic mass is 35.5. The van der Waals surface area contributed by atoms with E-state index in [0.29, 0.717) is 0 Å². The van der Waals surface area contributed by atoms with Gasteiger partial charge >= 0.3 is 5.97 Å². The molecule has 116 valence electrons. The number of nitrogens with zero attached hydrogens (tertiary/aromatic N) is 1. The molecule has 0 aromatic heterocycles. The van der Waals surface area contributed by atoms with E-state index >= 15 is 0 Å². The van der Waals surface area contributed by atoms with E-state index in [1.807, 2.05) is 0 Å². The number of carboxylic acid groups (broad SMARTS) is 1. The van der Waals surface area contributed by atoms with E-state index in [1.54, 1.807) is 0 Å². The number of methoxy groups -OCH3 is 1. The number of halogens is 2. The van der Waals surface area contributed by atoms with Gasteiger partial charge in [0, 0.05) is 20.1 Å². The molecule has 1 aromatic rings. The molecule has 21 heavy (non-hydrogen) atoms. The van der Waals surface area contributed by atoms with Crippen molar-refractivity contribution >= 4 is 39.2 Å². The number of rotatable bonds is 4. The van der Waals surface area contributed by atoms with Gasteiger partial charge in [0.2, 0.25) is 10.0 Å². The van der Waals surface area contributed by atoms with Crippen molar-refractivity contribution in [1.29, 1.82) is 0 Å². The fourth-order valence-electron chi connectivity index (χ4n) is 2.20. The van der Waals surface area contributed by atoms with E-state index < -0.39 is 28.1 Å². The van der Waals surface area contributed by atoms with Crippen molar-refractivity contribution in [2.45, 2.75) is 23.5 Å². The van der Waals surface area contributed by atoms with Crippen LogP contribution in [0.1, 0.15) is 6.42 Å². The molecule has 6 nitrogen and oxygen atoms in total. The van der Waals surface area contributed by atoms with Crippen LogP contribution in [-0.2, 0) is 19.6 Å². The monoisotopic (exact) mass is 353 g/mol. The molecule has 2 atom stereocenters. The zero-order valence-corrected chi connectivity index (χ0v) is 13.3. The fraction of sp³-hybridized carbons (Fsp3) is 0.417. The lowest BCUT2D eigenvalue weighted by Gasteiger charge is -2.21. The molecule has 0 spiro atoms. The third-order valence-corrected chi connectivity index (χ3v) is 5.94. The standard InChI is InChI=1S/C12H13Cl2NO5S/c1-20-7-4-11(12(16)17)15(6-7)21(18,19)8-2-3-9(13)10(14)5-8/h2-3,5,7,11H,4,6H2,1H3,(H,16,17). The molecule has 1 aliphatic heterocycles. The topological polar surface area (TPSA) is 83.9 Å². The molecule has 1 saturated heterocycles. The largest absolute Gasteiger partial charge is 0.480 e. The Labute approximate surface area is 132 Å². The van der Waals surface area contributed by atoms with Gasteiger partial charge in [-0.25, -0.2) is 8.42 Å². The number of hydrogen-bond donors (Lipinski definition) is 1. The Bertz CT molecular complexity index is 664. The summed E-state index contributed by atoms with van der Waals surface area (Å²) in [5.74, 6) is -1.21. The maximum absolute atomic E-state index is 12.6. The van der Waals surface area contributed by atoms with E-state index in [4.69, 9.17) is 27.9 Å². The molecule has 0 aliphatic carbocycles. The number of ether oxygens (including phenoxy) is 1. The molecule has 9 heteroatoms. The number of carbonyl (C=O) groups is 1. The van der Waals surface area contributed by atoms with Crippen LogP contribution in [0.3, 0.4) is 0 Å². The maximum atomic E-state index is 12.6. The van der Waals surface area contributed by atoms with Crippen LogP contribution in [0.4, 0.5) is 0 Å². The summed E-state index contributed by atoms with van der Waals surface area (Å²) in [7, 11) is -2.57. The Morgan fingerprint density at radius 3 is 2.57 bits per heavy atom. The second-order valence-electron chi connectivity index (χ2n) is 4.60. The van der Waals surface area contributed by atoms with Gasteiger partial charge in [-0.15, -0.1) is 0 Å². The molecule has 0 radical (unpaired) electrons. The average Bonchev–Trinajstić information content (AvgIpc) is 2.87. The summed E-state index contributed by atoms with van der Waals surface area (Å²) in [4.78, 5) is 11.2. The summed E-state index contributed by atoms with van der Waals surface area (Å²) in [5, 5.41) is 9.51. The van der Waals surface area contributed by atoms with Crippen LogP contribution in [0.25, 0.3) is 0 Å². The minimum Gasteiger partial charge on any atom is -0.480 e. The van der Waals surface area contributed by atoms with E-state index in [1.165, 1.54) is 25.3 Å². The van der Waals surface area contributed by atoms with Gasteiger partial charge in [0.25, 0.3) is 0 Å². The summed E-state index contributed by atoms with van der Waals surface area (Å²) in [5.41, 5.74) is 0. The lowest BCUT2D eigenvalue weighted by molar-refractivity contribution is -0.140. The fourth-order valence-corrected chi connectivity index (χ4v) is 4.22. The van der Waals surface area contributed by atoms with Crippen LogP contribution in [0.5, 0.6) is 0 Å². The van der Waals surface area contributed by atoms with Crippen LogP contribution >= 0.6 is 23.2 Å². The smallest absolute Gasteiger partial charge is 0.322 e. The molecular weight excluding hydrogens is 341 g/mol. The van der Waals surface area contributed by atoms with Gasteiger partial charge in [-0.3, -0.25) is 4.79 Å². The molecule has 0 saturated carbocycles. The summed E-state index contributed by atoms with van der Waals surface area (Å²) in [6, 6.07) is 2.70. The lowest BCUT2D eigenvalue weighted by Crippen LogP contribution is -2.40. The number of hydrogen-bond acceptors (Lipinski definition) is 4. The first-order valence-electron chi connectivity index (χ1n) is 6.00. The number of aliphatic carboxylic acids is 1. The number of benzene rings is 1. The second kappa shape index (κ2) is 6.10. The number of carboxylic acids is 1. The van der Waals surface area contributed by atoms with Crippen molar-refractivity contribution in [3.63, 3.8) is 0 Å². The van der Waals surface area contributed by atoms with Crippen LogP contribution in [0.15, 0.2) is 23.1 Å². The van der Waals surface area contributed by atoms with Gasteiger partial charge in [-0.05, 0) is 18.2 Å². The first kappa shape index (κ1) is 16.5. The lowest BCUT2D eigenvalue weighted by atomic mass is 10.2. The van der Waals surface area contributed by atoms with Gasteiger partial charge in [-0.2, -0.15) is 4.31 Å². The highest BCUT2D eigenvalue weighted by molar-refractivity contribution is 7.89. The van der Waals surface area contributed by atoms with Gasteiger partial charge < -0.3 is 9.84 Å². The van der Waals surface area contributed by atoms with Crippen molar-refractivity contribution < 1.29 is 23.1 Å². The molecule has 0 amide bonds. The van der Waals surface area contributed by atoms with Crippen molar-refractivity contribution in [1.82, 2.24) is 4.31 Å². The Kier molecular flexibility index (Phi) is 4.79. The van der Waals surface area contributed by atoms with Crippen molar-refractivity contribution in [2.24, 2.45) is 0 Å². The summed E-state index contributed by atoms with van der Waals surface area (Å²) >= 11 is 11.6. The van der Waals surface area contributed by atoms with Crippen molar-refractivity contribution in [2.75, 3.05) is 13.7 Å². The zero-order valence-electron chi connectivity index (χ0n) is 11.0. The maximum Gasteiger partial charge on any atom is 0.322 e. The Hall–Kier alpha value is -0.860. The normalized spacial score (nSPS) is 23.4. The highest BCUT2D eigenvalue weighted by Crippen LogP contribution is 2.31. The van der Waals surface area contributed by atoms with E-state index in [2.05, 4.69) is 0 Å². The molecule has 1 aliphatic rings.